The van der Waals surface area contributed by atoms with Crippen LogP contribution < -0.4 is 11.1 Å². The summed E-state index contributed by atoms with van der Waals surface area (Å²) in [5.41, 5.74) is 11.4. The maximum Gasteiger partial charge on any atom is 0.146 e. The number of anilines is 1. The van der Waals surface area contributed by atoms with E-state index in [1.165, 1.54) is 31.7 Å². The summed E-state index contributed by atoms with van der Waals surface area (Å²) in [4.78, 5) is 1.31. The number of nitrogens with one attached hydrogen (secondary N) is 1. The van der Waals surface area contributed by atoms with Crippen molar-refractivity contribution in [1.29, 1.82) is 0 Å². The molecule has 3 heterocycles. The number of nitrogen functional groups attached to an aromatic ring is 1. The number of hydrogen-bond acceptors (Lipinski definition) is 5. The Balaban J connectivity index is 1.60. The fourth-order valence-corrected chi connectivity index (χ4v) is 4.62. The van der Waals surface area contributed by atoms with Gasteiger partial charge in [0.05, 0.1) is 5.69 Å². The average Bonchev–Trinajstić information content (AvgIpc) is 3.01. The Kier molecular flexibility index (Phi) is 3.96. The van der Waals surface area contributed by atoms with Crippen LogP contribution in [0.4, 0.5) is 5.82 Å². The molecule has 1 aliphatic rings. The number of hydrogen-bond donors (Lipinski definition) is 2. The molecule has 0 amide bonds. The topological polar surface area (TPSA) is 63.8 Å². The smallest absolute Gasteiger partial charge is 0.146 e. The molecule has 4 nitrogen and oxygen atoms in total. The summed E-state index contributed by atoms with van der Waals surface area (Å²) in [5.74, 6) is 0.435. The Morgan fingerprint density at radius 2 is 1.89 bits per heavy atom. The van der Waals surface area contributed by atoms with Gasteiger partial charge in [0.2, 0.25) is 0 Å². The molecule has 1 aliphatic heterocycles. The first-order valence-electron chi connectivity index (χ1n) is 8.91. The van der Waals surface area contributed by atoms with Crippen molar-refractivity contribution in [2.75, 3.05) is 12.3 Å². The van der Waals surface area contributed by atoms with E-state index in [-0.39, 0.29) is 0 Å². The summed E-state index contributed by atoms with van der Waals surface area (Å²) in [7, 11) is 0. The van der Waals surface area contributed by atoms with Crippen LogP contribution in [0.1, 0.15) is 16.0 Å². The highest BCUT2D eigenvalue weighted by Crippen LogP contribution is 2.36. The van der Waals surface area contributed by atoms with E-state index in [9.17, 15) is 0 Å². The van der Waals surface area contributed by atoms with Crippen molar-refractivity contribution in [2.24, 2.45) is 0 Å². The third-order valence-corrected chi connectivity index (χ3v) is 5.98. The van der Waals surface area contributed by atoms with E-state index in [2.05, 4.69) is 70.1 Å². The lowest BCUT2D eigenvalue weighted by Gasteiger charge is -2.11. The van der Waals surface area contributed by atoms with E-state index in [4.69, 9.17) is 5.73 Å². The largest absolute Gasteiger partial charge is 0.382 e. The third-order valence-electron chi connectivity index (χ3n) is 4.83. The molecule has 0 spiro atoms. The van der Waals surface area contributed by atoms with Crippen molar-refractivity contribution in [1.82, 2.24) is 15.5 Å². The number of thiophene rings is 1. The van der Waals surface area contributed by atoms with Crippen molar-refractivity contribution in [3.8, 4) is 11.3 Å². The molecule has 0 atom stereocenters. The van der Waals surface area contributed by atoms with Gasteiger partial charge in [-0.05, 0) is 52.4 Å². The first kappa shape index (κ1) is 16.2. The maximum absolute atomic E-state index is 5.66. The van der Waals surface area contributed by atoms with E-state index < -0.39 is 0 Å². The molecule has 0 radical (unpaired) electrons. The van der Waals surface area contributed by atoms with Crippen LogP contribution in [0.5, 0.6) is 0 Å². The lowest BCUT2D eigenvalue weighted by atomic mass is 9.95. The van der Waals surface area contributed by atoms with Gasteiger partial charge in [0, 0.05) is 28.2 Å². The molecular formula is C22H18N4S. The molecule has 27 heavy (non-hydrogen) atoms. The fourth-order valence-electron chi connectivity index (χ4n) is 3.50. The normalized spacial score (nSPS) is 13.9. The van der Waals surface area contributed by atoms with Gasteiger partial charge >= 0.3 is 0 Å². The molecule has 0 unspecified atom stereocenters. The zero-order valence-corrected chi connectivity index (χ0v) is 15.5. The number of nitrogens with two attached hydrogens (primary N) is 1. The summed E-state index contributed by atoms with van der Waals surface area (Å²) >= 11 is 1.85. The molecule has 4 aromatic rings. The van der Waals surface area contributed by atoms with Gasteiger partial charge in [-0.25, -0.2) is 0 Å². The number of benzene rings is 2. The van der Waals surface area contributed by atoms with Crippen LogP contribution in [0.2, 0.25) is 0 Å². The Morgan fingerprint density at radius 3 is 2.74 bits per heavy atom. The molecular weight excluding hydrogens is 352 g/mol. The molecule has 0 bridgehead atoms. The molecule has 2 aromatic carbocycles. The maximum atomic E-state index is 5.66. The minimum atomic E-state index is 0.435. The van der Waals surface area contributed by atoms with E-state index in [1.807, 2.05) is 17.4 Å². The second-order valence-corrected chi connectivity index (χ2v) is 7.70. The second-order valence-electron chi connectivity index (χ2n) is 6.61. The first-order chi connectivity index (χ1) is 13.3. The van der Waals surface area contributed by atoms with E-state index in [1.54, 1.807) is 6.07 Å². The van der Waals surface area contributed by atoms with Crippen LogP contribution in [0.15, 0.2) is 66.7 Å². The minimum absolute atomic E-state index is 0.435. The van der Waals surface area contributed by atoms with Gasteiger partial charge in [0.15, 0.2) is 0 Å². The van der Waals surface area contributed by atoms with Crippen LogP contribution >= 0.6 is 11.3 Å². The minimum Gasteiger partial charge on any atom is -0.382 e. The SMILES string of the molecule is Nc1ccc(-c2ccc3c(c2)CNCC=C3c2cc3ccccc3s2)nn1. The van der Waals surface area contributed by atoms with E-state index >= 15 is 0 Å². The van der Waals surface area contributed by atoms with Crippen molar-refractivity contribution in [3.05, 3.63) is 82.7 Å². The summed E-state index contributed by atoms with van der Waals surface area (Å²) in [5, 5.41) is 13.0. The number of nitrogens with zero attached hydrogens (tertiary/aromatic N) is 2. The molecule has 3 N–H and O–H groups in total. The highest BCUT2D eigenvalue weighted by Gasteiger charge is 2.16. The van der Waals surface area contributed by atoms with Gasteiger partial charge in [-0.15, -0.1) is 21.5 Å². The van der Waals surface area contributed by atoms with Gasteiger partial charge < -0.3 is 11.1 Å². The summed E-state index contributed by atoms with van der Waals surface area (Å²) < 4.78 is 1.32. The molecule has 0 saturated carbocycles. The quantitative estimate of drug-likeness (QED) is 0.546. The summed E-state index contributed by atoms with van der Waals surface area (Å²) in [6, 6.07) is 21.1. The molecule has 0 aliphatic carbocycles. The molecule has 132 valence electrons. The number of fused-ring (bicyclic) bond motifs is 2. The number of rotatable bonds is 2. The van der Waals surface area contributed by atoms with Gasteiger partial charge in [-0.2, -0.15) is 0 Å². The fraction of sp³-hybridized carbons (Fsp3) is 0.0909. The second kappa shape index (κ2) is 6.61. The zero-order chi connectivity index (χ0) is 18.2. The van der Waals surface area contributed by atoms with Gasteiger partial charge in [0.1, 0.15) is 5.82 Å². The molecule has 0 saturated heterocycles. The van der Waals surface area contributed by atoms with Crippen molar-refractivity contribution >= 4 is 32.8 Å². The highest BCUT2D eigenvalue weighted by molar-refractivity contribution is 7.20. The van der Waals surface area contributed by atoms with Crippen LogP contribution in [-0.2, 0) is 6.54 Å². The van der Waals surface area contributed by atoms with Crippen molar-refractivity contribution < 1.29 is 0 Å². The standard InChI is InChI=1S/C22H18N4S/c23-22-8-7-19(25-26-22)14-5-6-17-16(11-14)13-24-10-9-18(17)21-12-15-3-1-2-4-20(15)27-21/h1-9,11-12,24H,10,13H2,(H2,23,26). The summed E-state index contributed by atoms with van der Waals surface area (Å²) in [6.45, 7) is 1.69. The van der Waals surface area contributed by atoms with Gasteiger partial charge in [0.25, 0.3) is 0 Å². The van der Waals surface area contributed by atoms with Crippen LogP contribution in [-0.4, -0.2) is 16.7 Å². The van der Waals surface area contributed by atoms with Gasteiger partial charge in [-0.1, -0.05) is 36.4 Å². The Morgan fingerprint density at radius 1 is 0.963 bits per heavy atom. The molecule has 0 fully saturated rings. The van der Waals surface area contributed by atoms with E-state index in [0.29, 0.717) is 5.82 Å². The molecule has 2 aromatic heterocycles. The average molecular weight is 370 g/mol. The molecule has 5 rings (SSSR count). The lowest BCUT2D eigenvalue weighted by Crippen LogP contribution is -2.11. The van der Waals surface area contributed by atoms with E-state index in [0.717, 1.165) is 24.3 Å². The summed E-state index contributed by atoms with van der Waals surface area (Å²) in [6.07, 6.45) is 2.29. The van der Waals surface area contributed by atoms with Gasteiger partial charge in [-0.3, -0.25) is 0 Å². The molecule has 5 heteroatoms. The third kappa shape index (κ3) is 3.01. The predicted molar refractivity (Wildman–Crippen MR) is 112 cm³/mol. The lowest BCUT2D eigenvalue weighted by molar-refractivity contribution is 0.766. The van der Waals surface area contributed by atoms with Crippen molar-refractivity contribution in [3.63, 3.8) is 0 Å². The Labute approximate surface area is 161 Å². The monoisotopic (exact) mass is 370 g/mol. The van der Waals surface area contributed by atoms with Crippen LogP contribution in [0.25, 0.3) is 26.9 Å². The van der Waals surface area contributed by atoms with Crippen LogP contribution in [0.3, 0.4) is 0 Å². The van der Waals surface area contributed by atoms with Crippen molar-refractivity contribution in [2.45, 2.75) is 6.54 Å². The Hall–Kier alpha value is -3.02. The number of aromatic nitrogens is 2. The zero-order valence-electron chi connectivity index (χ0n) is 14.6. The highest BCUT2D eigenvalue weighted by atomic mass is 32.1. The first-order valence-corrected chi connectivity index (χ1v) is 9.72. The predicted octanol–water partition coefficient (Wildman–Crippen LogP) is 4.48. The Bertz CT molecular complexity index is 1130. The van der Waals surface area contributed by atoms with Crippen LogP contribution in [0, 0.1) is 0 Å².